The molecule has 2 rings (SSSR count). The Morgan fingerprint density at radius 2 is 2.20 bits per heavy atom. The first-order valence-electron chi connectivity index (χ1n) is 4.49. The van der Waals surface area contributed by atoms with E-state index in [-0.39, 0.29) is 0 Å². The number of benzene rings is 1. The van der Waals surface area contributed by atoms with Crippen LogP contribution in [0.5, 0.6) is 0 Å². The van der Waals surface area contributed by atoms with E-state index in [1.807, 2.05) is 24.3 Å². The summed E-state index contributed by atoms with van der Waals surface area (Å²) < 4.78 is 6.47. The number of hydrogen-bond acceptors (Lipinski definition) is 4. The molecule has 0 saturated heterocycles. The van der Waals surface area contributed by atoms with Crippen LogP contribution in [0.2, 0.25) is 0 Å². The first-order chi connectivity index (χ1) is 7.29. The zero-order chi connectivity index (χ0) is 10.7. The maximum absolute atomic E-state index is 5.47. The van der Waals surface area contributed by atoms with E-state index in [9.17, 15) is 0 Å². The molecular weight excluding hydrogens is 276 g/mol. The van der Waals surface area contributed by atoms with Gasteiger partial charge in [-0.05, 0) is 24.0 Å². The molecule has 0 fully saturated rings. The summed E-state index contributed by atoms with van der Waals surface area (Å²) in [6, 6.07) is 7.76. The Kier molecular flexibility index (Phi) is 3.43. The normalized spacial score (nSPS) is 10.5. The van der Waals surface area contributed by atoms with Crippen molar-refractivity contribution in [2.75, 3.05) is 5.75 Å². The topological polar surface area (TPSA) is 38.9 Å². The molecule has 0 aliphatic rings. The van der Waals surface area contributed by atoms with E-state index in [1.165, 1.54) is 0 Å². The van der Waals surface area contributed by atoms with Gasteiger partial charge in [-0.15, -0.1) is 10.2 Å². The molecule has 1 aromatic carbocycles. The number of thiol groups is 1. The number of rotatable bonds is 3. The highest BCUT2D eigenvalue weighted by molar-refractivity contribution is 9.10. The van der Waals surface area contributed by atoms with E-state index in [0.29, 0.717) is 24.0 Å². The first kappa shape index (κ1) is 10.7. The molecule has 0 N–H and O–H groups in total. The molecule has 0 bridgehead atoms. The molecule has 0 unspecified atom stereocenters. The molecule has 2 aromatic rings. The number of nitrogens with zero attached hydrogens (tertiary/aromatic N) is 2. The minimum absolute atomic E-state index is 0.549. The first-order valence-corrected chi connectivity index (χ1v) is 5.91. The lowest BCUT2D eigenvalue weighted by molar-refractivity contribution is 0.514. The van der Waals surface area contributed by atoms with Gasteiger partial charge in [-0.25, -0.2) is 0 Å². The molecule has 0 amide bonds. The van der Waals surface area contributed by atoms with Gasteiger partial charge in [0.25, 0.3) is 0 Å². The van der Waals surface area contributed by atoms with Gasteiger partial charge in [0.05, 0.1) is 0 Å². The van der Waals surface area contributed by atoms with Crippen molar-refractivity contribution < 1.29 is 4.42 Å². The molecule has 3 nitrogen and oxygen atoms in total. The maximum Gasteiger partial charge on any atom is 0.247 e. The fraction of sp³-hybridized carbons (Fsp3) is 0.200. The Bertz CT molecular complexity index is 458. The average Bonchev–Trinajstić information content (AvgIpc) is 2.67. The molecule has 1 aromatic heterocycles. The van der Waals surface area contributed by atoms with Gasteiger partial charge < -0.3 is 4.42 Å². The highest BCUT2D eigenvalue weighted by Gasteiger charge is 2.07. The predicted octanol–water partition coefficient (Wildman–Crippen LogP) is 2.97. The molecule has 0 spiro atoms. The number of hydrogen-bond donors (Lipinski definition) is 1. The summed E-state index contributed by atoms with van der Waals surface area (Å²) in [6.45, 7) is 0. The summed E-state index contributed by atoms with van der Waals surface area (Å²) in [5, 5.41) is 7.91. The van der Waals surface area contributed by atoms with Crippen LogP contribution in [0.3, 0.4) is 0 Å². The summed E-state index contributed by atoms with van der Waals surface area (Å²) in [4.78, 5) is 0. The van der Waals surface area contributed by atoms with E-state index in [1.54, 1.807) is 0 Å². The zero-order valence-electron chi connectivity index (χ0n) is 7.85. The van der Waals surface area contributed by atoms with Crippen molar-refractivity contribution in [2.45, 2.75) is 6.42 Å². The SMILES string of the molecule is SCCc1nnc(-c2cccc(Br)c2)o1. The largest absolute Gasteiger partial charge is 0.421 e. The van der Waals surface area contributed by atoms with Crippen LogP contribution in [0.1, 0.15) is 5.89 Å². The van der Waals surface area contributed by atoms with E-state index in [0.717, 1.165) is 10.0 Å². The molecule has 1 heterocycles. The van der Waals surface area contributed by atoms with Gasteiger partial charge in [0.1, 0.15) is 0 Å². The van der Waals surface area contributed by atoms with Gasteiger partial charge in [0.15, 0.2) is 0 Å². The lowest BCUT2D eigenvalue weighted by Gasteiger charge is -1.94. The van der Waals surface area contributed by atoms with Gasteiger partial charge in [-0.1, -0.05) is 22.0 Å². The summed E-state index contributed by atoms with van der Waals surface area (Å²) >= 11 is 7.50. The highest BCUT2D eigenvalue weighted by atomic mass is 79.9. The zero-order valence-corrected chi connectivity index (χ0v) is 10.3. The maximum atomic E-state index is 5.47. The van der Waals surface area contributed by atoms with Crippen molar-refractivity contribution in [3.05, 3.63) is 34.6 Å². The third-order valence-electron chi connectivity index (χ3n) is 1.86. The average molecular weight is 285 g/mol. The molecule has 0 aliphatic carbocycles. The van der Waals surface area contributed by atoms with Crippen LogP contribution in [0.15, 0.2) is 33.2 Å². The van der Waals surface area contributed by atoms with Crippen molar-refractivity contribution in [1.82, 2.24) is 10.2 Å². The third kappa shape index (κ3) is 2.60. The van der Waals surface area contributed by atoms with Crippen molar-refractivity contribution in [3.63, 3.8) is 0 Å². The Morgan fingerprint density at radius 1 is 1.33 bits per heavy atom. The van der Waals surface area contributed by atoms with Crippen molar-refractivity contribution in [1.29, 1.82) is 0 Å². The van der Waals surface area contributed by atoms with Crippen LogP contribution in [0.4, 0.5) is 0 Å². The molecule has 0 aliphatic heterocycles. The predicted molar refractivity (Wildman–Crippen MR) is 65.0 cm³/mol. The lowest BCUT2D eigenvalue weighted by atomic mass is 10.2. The van der Waals surface area contributed by atoms with Crippen LogP contribution >= 0.6 is 28.6 Å². The Labute approximate surface area is 101 Å². The monoisotopic (exact) mass is 284 g/mol. The summed E-state index contributed by atoms with van der Waals surface area (Å²) in [6.07, 6.45) is 0.699. The van der Waals surface area contributed by atoms with E-state index < -0.39 is 0 Å². The molecule has 0 atom stereocenters. The van der Waals surface area contributed by atoms with Crippen molar-refractivity contribution >= 4 is 28.6 Å². The third-order valence-corrected chi connectivity index (χ3v) is 2.58. The lowest BCUT2D eigenvalue weighted by Crippen LogP contribution is -1.84. The molecule has 0 saturated carbocycles. The fourth-order valence-corrected chi connectivity index (χ4v) is 1.78. The Morgan fingerprint density at radius 3 is 2.93 bits per heavy atom. The smallest absolute Gasteiger partial charge is 0.247 e. The minimum atomic E-state index is 0.549. The van der Waals surface area contributed by atoms with Gasteiger partial charge in [0, 0.05) is 16.5 Å². The molecule has 78 valence electrons. The van der Waals surface area contributed by atoms with Crippen LogP contribution in [-0.4, -0.2) is 16.0 Å². The summed E-state index contributed by atoms with van der Waals surface area (Å²) in [5.74, 6) is 1.88. The van der Waals surface area contributed by atoms with E-state index >= 15 is 0 Å². The van der Waals surface area contributed by atoms with Crippen molar-refractivity contribution in [3.8, 4) is 11.5 Å². The second kappa shape index (κ2) is 4.81. The summed E-state index contributed by atoms with van der Waals surface area (Å²) in [7, 11) is 0. The van der Waals surface area contributed by atoms with Gasteiger partial charge >= 0.3 is 0 Å². The van der Waals surface area contributed by atoms with Crippen LogP contribution in [-0.2, 0) is 6.42 Å². The minimum Gasteiger partial charge on any atom is -0.421 e. The molecule has 0 radical (unpaired) electrons. The van der Waals surface area contributed by atoms with Gasteiger partial charge in [0.2, 0.25) is 11.8 Å². The van der Waals surface area contributed by atoms with Crippen LogP contribution in [0, 0.1) is 0 Å². The van der Waals surface area contributed by atoms with Crippen LogP contribution in [0.25, 0.3) is 11.5 Å². The number of aromatic nitrogens is 2. The van der Waals surface area contributed by atoms with E-state index in [4.69, 9.17) is 4.42 Å². The van der Waals surface area contributed by atoms with Crippen molar-refractivity contribution in [2.24, 2.45) is 0 Å². The molecular formula is C10H9BrN2OS. The molecule has 15 heavy (non-hydrogen) atoms. The Balaban J connectivity index is 2.29. The van der Waals surface area contributed by atoms with E-state index in [2.05, 4.69) is 38.8 Å². The quantitative estimate of drug-likeness (QED) is 0.881. The Hall–Kier alpha value is -0.810. The number of aryl methyl sites for hydroxylation is 1. The second-order valence-corrected chi connectivity index (χ2v) is 4.35. The van der Waals surface area contributed by atoms with Gasteiger partial charge in [-0.2, -0.15) is 12.6 Å². The summed E-state index contributed by atoms with van der Waals surface area (Å²) in [5.41, 5.74) is 0.919. The highest BCUT2D eigenvalue weighted by Crippen LogP contribution is 2.21. The molecule has 5 heteroatoms. The van der Waals surface area contributed by atoms with Crippen LogP contribution < -0.4 is 0 Å². The fourth-order valence-electron chi connectivity index (χ4n) is 1.19. The van der Waals surface area contributed by atoms with Gasteiger partial charge in [-0.3, -0.25) is 0 Å². The second-order valence-electron chi connectivity index (χ2n) is 2.98. The standard InChI is InChI=1S/C10H9BrN2OS/c11-8-3-1-2-7(6-8)10-13-12-9(14-10)4-5-15/h1-3,6,15H,4-5H2. The number of halogens is 1.